The van der Waals surface area contributed by atoms with E-state index in [-0.39, 0.29) is 0 Å². The van der Waals surface area contributed by atoms with E-state index in [1.165, 1.54) is 11.8 Å². The number of nitrogens with zero attached hydrogens (tertiary/aromatic N) is 4. The van der Waals surface area contributed by atoms with Crippen LogP contribution in [0.15, 0.2) is 52.4 Å². The molecule has 0 amide bonds. The second kappa shape index (κ2) is 14.9. The Hall–Kier alpha value is -2.25. The molecule has 10 heteroatoms. The second-order valence-corrected chi connectivity index (χ2v) is 25.7. The molecule has 7 nitrogen and oxygen atoms in total. The fourth-order valence-electron chi connectivity index (χ4n) is 6.48. The summed E-state index contributed by atoms with van der Waals surface area (Å²) in [5, 5.41) is 1.80. The van der Waals surface area contributed by atoms with Gasteiger partial charge in [-0.05, 0) is 53.5 Å². The average Bonchev–Trinajstić information content (AvgIpc) is 3.58. The number of rotatable bonds is 16. The third-order valence-corrected chi connectivity index (χ3v) is 17.0. The van der Waals surface area contributed by atoms with E-state index in [1.807, 2.05) is 24.6 Å². The van der Waals surface area contributed by atoms with Crippen molar-refractivity contribution < 1.29 is 13.6 Å². The van der Waals surface area contributed by atoms with Crippen LogP contribution in [0.4, 0.5) is 0 Å². The maximum atomic E-state index is 6.93. The molecule has 0 aliphatic rings. The van der Waals surface area contributed by atoms with Gasteiger partial charge >= 0.3 is 0 Å². The molecule has 0 saturated carbocycles. The highest BCUT2D eigenvalue weighted by Gasteiger charge is 2.44. The molecule has 4 aromatic rings. The summed E-state index contributed by atoms with van der Waals surface area (Å²) < 4.78 is 21.3. The molecule has 0 aliphatic carbocycles. The summed E-state index contributed by atoms with van der Waals surface area (Å²) in [6, 6.07) is 11.4. The van der Waals surface area contributed by atoms with Gasteiger partial charge in [0.1, 0.15) is 18.1 Å². The summed E-state index contributed by atoms with van der Waals surface area (Å²) in [4.78, 5) is 14.7. The molecule has 0 fully saturated rings. The van der Waals surface area contributed by atoms with Gasteiger partial charge in [0, 0.05) is 44.9 Å². The molecular weight excluding hydrogens is 601 g/mol. The molecule has 0 spiro atoms. The van der Waals surface area contributed by atoms with Gasteiger partial charge in [-0.1, -0.05) is 85.1 Å². The SMILES string of the molecule is CSc1nccc(-c2c(-c3ccc4ccoc4c3)nc(CCCO[Si](C(C)C)(C(C)C)C(C)C)n2COCC[Si](C)(C)C)n1. The predicted octanol–water partition coefficient (Wildman–Crippen LogP) is 9.91. The molecule has 0 aliphatic heterocycles. The van der Waals surface area contributed by atoms with Crippen LogP contribution >= 0.6 is 11.8 Å². The lowest BCUT2D eigenvalue weighted by molar-refractivity contribution is 0.0859. The first kappa shape index (κ1) is 34.6. The maximum absolute atomic E-state index is 6.93. The maximum Gasteiger partial charge on any atom is 0.200 e. The smallest absolute Gasteiger partial charge is 0.200 e. The number of fused-ring (bicyclic) bond motifs is 1. The minimum Gasteiger partial charge on any atom is -0.464 e. The van der Waals surface area contributed by atoms with Crippen molar-refractivity contribution in [3.63, 3.8) is 0 Å². The van der Waals surface area contributed by atoms with Crippen molar-refractivity contribution in [1.82, 2.24) is 19.5 Å². The summed E-state index contributed by atoms with van der Waals surface area (Å²) >= 11 is 1.54. The lowest BCUT2D eigenvalue weighted by Gasteiger charge is -2.42. The molecule has 0 atom stereocenters. The van der Waals surface area contributed by atoms with Gasteiger partial charge in [-0.2, -0.15) is 0 Å². The number of ether oxygens (including phenoxy) is 1. The summed E-state index contributed by atoms with van der Waals surface area (Å²) in [7, 11) is -3.18. The summed E-state index contributed by atoms with van der Waals surface area (Å²) in [6.07, 6.45) is 7.24. The molecule has 240 valence electrons. The highest BCUT2D eigenvalue weighted by Crippen LogP contribution is 2.42. The molecule has 0 radical (unpaired) electrons. The number of hydrogen-bond acceptors (Lipinski definition) is 7. The first-order valence-corrected chi connectivity index (χ1v) is 23.1. The zero-order valence-electron chi connectivity index (χ0n) is 28.4. The Kier molecular flexibility index (Phi) is 11.7. The van der Waals surface area contributed by atoms with Crippen LogP contribution in [-0.2, 0) is 22.3 Å². The molecule has 3 aromatic heterocycles. The van der Waals surface area contributed by atoms with Crippen molar-refractivity contribution in [2.24, 2.45) is 0 Å². The number of furan rings is 1. The van der Waals surface area contributed by atoms with E-state index in [4.69, 9.17) is 23.5 Å². The largest absolute Gasteiger partial charge is 0.464 e. The Labute approximate surface area is 270 Å². The molecule has 1 aromatic carbocycles. The Balaban J connectivity index is 1.74. The van der Waals surface area contributed by atoms with Crippen LogP contribution in [0.5, 0.6) is 0 Å². The van der Waals surface area contributed by atoms with E-state index in [0.29, 0.717) is 23.4 Å². The van der Waals surface area contributed by atoms with Crippen LogP contribution in [-0.4, -0.2) is 55.4 Å². The van der Waals surface area contributed by atoms with Gasteiger partial charge in [0.25, 0.3) is 0 Å². The van der Waals surface area contributed by atoms with E-state index in [2.05, 4.69) is 88.9 Å². The second-order valence-electron chi connectivity index (χ2n) is 13.9. The van der Waals surface area contributed by atoms with Crippen molar-refractivity contribution in [2.75, 3.05) is 19.5 Å². The lowest BCUT2D eigenvalue weighted by Crippen LogP contribution is -2.48. The van der Waals surface area contributed by atoms with Gasteiger partial charge in [-0.3, -0.25) is 0 Å². The van der Waals surface area contributed by atoms with E-state index >= 15 is 0 Å². The normalized spacial score (nSPS) is 12.8. The van der Waals surface area contributed by atoms with Crippen molar-refractivity contribution in [2.45, 2.75) is 109 Å². The topological polar surface area (TPSA) is 75.2 Å². The molecule has 0 bridgehead atoms. The molecule has 4 rings (SSSR count). The number of thioether (sulfide) groups is 1. The molecular formula is C34H52N4O3SSi2. The predicted molar refractivity (Wildman–Crippen MR) is 190 cm³/mol. The highest BCUT2D eigenvalue weighted by atomic mass is 32.2. The monoisotopic (exact) mass is 652 g/mol. The third kappa shape index (κ3) is 7.93. The van der Waals surface area contributed by atoms with Crippen LogP contribution in [0.1, 0.15) is 53.8 Å². The fourth-order valence-corrected chi connectivity index (χ4v) is 13.1. The average molecular weight is 653 g/mol. The van der Waals surface area contributed by atoms with Crippen LogP contribution in [0.25, 0.3) is 33.6 Å². The van der Waals surface area contributed by atoms with E-state index in [9.17, 15) is 0 Å². The van der Waals surface area contributed by atoms with Gasteiger partial charge in [-0.15, -0.1) is 0 Å². The Bertz CT molecular complexity index is 1490. The van der Waals surface area contributed by atoms with Crippen molar-refractivity contribution >= 4 is 39.1 Å². The quantitative estimate of drug-likeness (QED) is 0.0516. The summed E-state index contributed by atoms with van der Waals surface area (Å²) in [5.41, 5.74) is 6.19. The number of aryl methyl sites for hydroxylation is 1. The van der Waals surface area contributed by atoms with Gasteiger partial charge in [0.2, 0.25) is 0 Å². The summed E-state index contributed by atoms with van der Waals surface area (Å²) in [6.45, 7) is 23.1. The number of hydrogen-bond donors (Lipinski definition) is 0. The Morgan fingerprint density at radius 3 is 2.32 bits per heavy atom. The minimum absolute atomic E-state index is 0.424. The van der Waals surface area contributed by atoms with E-state index in [1.54, 1.807) is 6.26 Å². The number of imidazole rings is 1. The Morgan fingerprint density at radius 1 is 0.932 bits per heavy atom. The molecule has 0 saturated heterocycles. The van der Waals surface area contributed by atoms with Crippen LogP contribution in [0.3, 0.4) is 0 Å². The fraction of sp³-hybridized carbons (Fsp3) is 0.559. The lowest BCUT2D eigenvalue weighted by atomic mass is 10.1. The first-order valence-electron chi connectivity index (χ1n) is 16.0. The zero-order valence-corrected chi connectivity index (χ0v) is 31.3. The number of benzene rings is 1. The van der Waals surface area contributed by atoms with Gasteiger partial charge < -0.3 is 18.1 Å². The van der Waals surface area contributed by atoms with Gasteiger partial charge in [-0.25, -0.2) is 15.0 Å². The van der Waals surface area contributed by atoms with E-state index in [0.717, 1.165) is 76.7 Å². The van der Waals surface area contributed by atoms with Crippen LogP contribution in [0, 0.1) is 0 Å². The zero-order chi connectivity index (χ0) is 32.1. The number of aromatic nitrogens is 4. The highest BCUT2D eigenvalue weighted by molar-refractivity contribution is 7.98. The third-order valence-electron chi connectivity index (χ3n) is 8.66. The van der Waals surface area contributed by atoms with E-state index < -0.39 is 16.4 Å². The van der Waals surface area contributed by atoms with Gasteiger partial charge in [0.05, 0.1) is 23.3 Å². The summed E-state index contributed by atoms with van der Waals surface area (Å²) in [5.74, 6) is 0.987. The Morgan fingerprint density at radius 2 is 1.66 bits per heavy atom. The molecule has 0 unspecified atom stereocenters. The molecule has 44 heavy (non-hydrogen) atoms. The van der Waals surface area contributed by atoms with Crippen molar-refractivity contribution in [3.8, 4) is 22.6 Å². The minimum atomic E-state index is -1.94. The van der Waals surface area contributed by atoms with Crippen molar-refractivity contribution in [3.05, 3.63) is 48.6 Å². The molecule has 3 heterocycles. The van der Waals surface area contributed by atoms with Crippen molar-refractivity contribution in [1.29, 1.82) is 0 Å². The van der Waals surface area contributed by atoms with Crippen LogP contribution < -0.4 is 0 Å². The first-order chi connectivity index (χ1) is 20.9. The standard InChI is InChI=1S/C34H52N4O3SSi2/c1-24(2)44(25(3)4,26(5)6)41-18-11-12-31-37-32(28-14-13-27-16-19-40-30(27)22-28)33(29-15-17-35-34(36-29)42-7)38(31)23-39-20-21-43(8,9)10/h13-17,19,22,24-26H,11-12,18,20-21,23H2,1-10H3. The van der Waals surface area contributed by atoms with Crippen LogP contribution in [0.2, 0.25) is 42.3 Å². The van der Waals surface area contributed by atoms with Gasteiger partial charge in [0.15, 0.2) is 13.5 Å². The molecule has 0 N–H and O–H groups in total.